The molecule has 1 unspecified atom stereocenters. The third-order valence-electron chi connectivity index (χ3n) is 5.45. The molecule has 1 aromatic carbocycles. The second-order valence-electron chi connectivity index (χ2n) is 7.62. The lowest BCUT2D eigenvalue weighted by Crippen LogP contribution is -2.48. The van der Waals surface area contributed by atoms with Crippen molar-refractivity contribution in [1.82, 2.24) is 19.6 Å². The van der Waals surface area contributed by atoms with Gasteiger partial charge in [-0.05, 0) is 18.8 Å². The summed E-state index contributed by atoms with van der Waals surface area (Å²) in [5.41, 5.74) is 2.88. The van der Waals surface area contributed by atoms with Crippen molar-refractivity contribution in [3.63, 3.8) is 0 Å². The number of hydrogen-bond donors (Lipinski definition) is 1. The van der Waals surface area contributed by atoms with Crippen LogP contribution in [-0.4, -0.2) is 50.3 Å². The summed E-state index contributed by atoms with van der Waals surface area (Å²) in [5, 5.41) is 5.01. The van der Waals surface area contributed by atoms with Crippen molar-refractivity contribution in [2.45, 2.75) is 25.3 Å². The van der Waals surface area contributed by atoms with Gasteiger partial charge in [-0.25, -0.2) is 4.98 Å². The molecule has 0 spiro atoms. The SMILES string of the molecule is O=C(NCC1CC1)C1CSCN1C(=O)Cc1csc2nc(-c3ccccc3)cn12. The van der Waals surface area contributed by atoms with Crippen LogP contribution in [0.15, 0.2) is 41.9 Å². The van der Waals surface area contributed by atoms with Gasteiger partial charge < -0.3 is 10.2 Å². The monoisotopic (exact) mass is 426 g/mol. The minimum absolute atomic E-state index is 0.00349. The number of benzene rings is 1. The van der Waals surface area contributed by atoms with Gasteiger partial charge in [-0.2, -0.15) is 0 Å². The van der Waals surface area contributed by atoms with Gasteiger partial charge in [-0.15, -0.1) is 23.1 Å². The van der Waals surface area contributed by atoms with Crippen molar-refractivity contribution >= 4 is 39.9 Å². The first kappa shape index (κ1) is 18.7. The highest BCUT2D eigenvalue weighted by atomic mass is 32.2. The summed E-state index contributed by atoms with van der Waals surface area (Å²) in [7, 11) is 0. The Bertz CT molecular complexity index is 1040. The summed E-state index contributed by atoms with van der Waals surface area (Å²) in [6.45, 7) is 0.741. The number of carbonyl (C=O) groups is 2. The minimum atomic E-state index is -0.358. The third-order valence-corrected chi connectivity index (χ3v) is 7.35. The number of nitrogens with one attached hydrogen (secondary N) is 1. The van der Waals surface area contributed by atoms with Gasteiger partial charge in [0.15, 0.2) is 4.96 Å². The van der Waals surface area contributed by atoms with Crippen molar-refractivity contribution in [2.75, 3.05) is 18.2 Å². The molecule has 1 atom stereocenters. The van der Waals surface area contributed by atoms with Gasteiger partial charge in [-0.1, -0.05) is 30.3 Å². The normalized spacial score (nSPS) is 19.0. The van der Waals surface area contributed by atoms with Crippen molar-refractivity contribution < 1.29 is 9.59 Å². The molecule has 0 radical (unpaired) electrons. The highest BCUT2D eigenvalue weighted by Crippen LogP contribution is 2.29. The van der Waals surface area contributed by atoms with E-state index in [0.717, 1.165) is 28.5 Å². The van der Waals surface area contributed by atoms with Crippen LogP contribution in [0.3, 0.4) is 0 Å². The van der Waals surface area contributed by atoms with E-state index in [4.69, 9.17) is 0 Å². The molecule has 2 amide bonds. The number of fused-ring (bicyclic) bond motifs is 1. The molecule has 3 aromatic rings. The highest BCUT2D eigenvalue weighted by molar-refractivity contribution is 7.99. The number of aromatic nitrogens is 2. The number of carbonyl (C=O) groups excluding carboxylic acids is 2. The molecule has 2 aromatic heterocycles. The van der Waals surface area contributed by atoms with E-state index in [9.17, 15) is 9.59 Å². The number of amides is 2. The van der Waals surface area contributed by atoms with E-state index in [2.05, 4.69) is 10.3 Å². The molecule has 1 saturated heterocycles. The average Bonchev–Trinajstić information content (AvgIpc) is 3.13. The Kier molecular flexibility index (Phi) is 5.05. The van der Waals surface area contributed by atoms with Gasteiger partial charge >= 0.3 is 0 Å². The van der Waals surface area contributed by atoms with E-state index >= 15 is 0 Å². The zero-order chi connectivity index (χ0) is 19.8. The Hall–Kier alpha value is -2.32. The standard InChI is InChI=1S/C21H22N4O2S2/c26-19(25-13-28-12-18(25)20(27)22-9-14-6-7-14)8-16-11-29-21-23-17(10-24(16)21)15-4-2-1-3-5-15/h1-5,10-11,14,18H,6-9,12-13H2,(H,22,27). The lowest BCUT2D eigenvalue weighted by Gasteiger charge is -2.23. The summed E-state index contributed by atoms with van der Waals surface area (Å²) in [6.07, 6.45) is 4.67. The largest absolute Gasteiger partial charge is 0.354 e. The van der Waals surface area contributed by atoms with Gasteiger partial charge in [0, 0.05) is 35.1 Å². The number of hydrogen-bond acceptors (Lipinski definition) is 5. The lowest BCUT2D eigenvalue weighted by atomic mass is 10.2. The topological polar surface area (TPSA) is 66.7 Å². The fourth-order valence-corrected chi connectivity index (χ4v) is 5.60. The second-order valence-corrected chi connectivity index (χ2v) is 9.45. The summed E-state index contributed by atoms with van der Waals surface area (Å²) in [6, 6.07) is 9.67. The molecule has 2 fully saturated rings. The molecule has 5 rings (SSSR count). The zero-order valence-corrected chi connectivity index (χ0v) is 17.5. The van der Waals surface area contributed by atoms with Crippen LogP contribution in [0.5, 0.6) is 0 Å². The molecule has 1 aliphatic carbocycles. The zero-order valence-electron chi connectivity index (χ0n) is 15.9. The molecule has 3 heterocycles. The number of thiazole rings is 1. The van der Waals surface area contributed by atoms with Gasteiger partial charge in [0.1, 0.15) is 6.04 Å². The Morgan fingerprint density at radius 3 is 2.83 bits per heavy atom. The first-order valence-corrected chi connectivity index (χ1v) is 11.9. The van der Waals surface area contributed by atoms with E-state index in [-0.39, 0.29) is 24.3 Å². The van der Waals surface area contributed by atoms with Crippen molar-refractivity contribution in [1.29, 1.82) is 0 Å². The molecule has 1 N–H and O–H groups in total. The summed E-state index contributed by atoms with van der Waals surface area (Å²) in [4.78, 5) is 32.8. The summed E-state index contributed by atoms with van der Waals surface area (Å²) < 4.78 is 2.00. The molecule has 6 nitrogen and oxygen atoms in total. The fourth-order valence-electron chi connectivity index (χ4n) is 3.55. The van der Waals surface area contributed by atoms with E-state index in [0.29, 0.717) is 17.5 Å². The van der Waals surface area contributed by atoms with Crippen LogP contribution in [0.1, 0.15) is 18.5 Å². The Morgan fingerprint density at radius 1 is 1.21 bits per heavy atom. The maximum atomic E-state index is 13.0. The first-order valence-electron chi connectivity index (χ1n) is 9.85. The molecular formula is C21H22N4O2S2. The average molecular weight is 427 g/mol. The lowest BCUT2D eigenvalue weighted by molar-refractivity contribution is -0.137. The number of nitrogens with zero attached hydrogens (tertiary/aromatic N) is 3. The quantitative estimate of drug-likeness (QED) is 0.658. The Morgan fingerprint density at radius 2 is 2.03 bits per heavy atom. The van der Waals surface area contributed by atoms with Crippen LogP contribution in [0.2, 0.25) is 0 Å². The van der Waals surface area contributed by atoms with Gasteiger partial charge in [0.25, 0.3) is 0 Å². The van der Waals surface area contributed by atoms with Crippen LogP contribution >= 0.6 is 23.1 Å². The minimum Gasteiger partial charge on any atom is -0.354 e. The summed E-state index contributed by atoms with van der Waals surface area (Å²) in [5.74, 6) is 1.87. The van der Waals surface area contributed by atoms with Gasteiger partial charge in [0.05, 0.1) is 18.0 Å². The van der Waals surface area contributed by atoms with Crippen LogP contribution in [0.25, 0.3) is 16.2 Å². The van der Waals surface area contributed by atoms with E-state index in [1.54, 1.807) is 16.7 Å². The Balaban J connectivity index is 1.30. The number of rotatable bonds is 6. The summed E-state index contributed by atoms with van der Waals surface area (Å²) >= 11 is 3.18. The molecule has 1 saturated carbocycles. The predicted octanol–water partition coefficient (Wildman–Crippen LogP) is 3.03. The predicted molar refractivity (Wildman–Crippen MR) is 116 cm³/mol. The fraction of sp³-hybridized carbons (Fsp3) is 0.381. The number of imidazole rings is 1. The van der Waals surface area contributed by atoms with E-state index in [1.807, 2.05) is 46.3 Å². The van der Waals surface area contributed by atoms with Crippen LogP contribution in [0.4, 0.5) is 0 Å². The Labute approximate surface area is 177 Å². The smallest absolute Gasteiger partial charge is 0.243 e. The molecule has 0 bridgehead atoms. The van der Waals surface area contributed by atoms with Crippen LogP contribution < -0.4 is 5.32 Å². The van der Waals surface area contributed by atoms with Crippen LogP contribution in [-0.2, 0) is 16.0 Å². The molecule has 8 heteroatoms. The van der Waals surface area contributed by atoms with Crippen molar-refractivity contribution in [2.24, 2.45) is 5.92 Å². The highest BCUT2D eigenvalue weighted by Gasteiger charge is 2.35. The second kappa shape index (κ2) is 7.84. The van der Waals surface area contributed by atoms with Gasteiger partial charge in [-0.3, -0.25) is 14.0 Å². The molecule has 1 aliphatic heterocycles. The van der Waals surface area contributed by atoms with Crippen LogP contribution in [0, 0.1) is 5.92 Å². The molecule has 2 aliphatic rings. The number of thioether (sulfide) groups is 1. The van der Waals surface area contributed by atoms with Crippen molar-refractivity contribution in [3.8, 4) is 11.3 Å². The molecule has 150 valence electrons. The maximum absolute atomic E-state index is 13.0. The van der Waals surface area contributed by atoms with Gasteiger partial charge in [0.2, 0.25) is 11.8 Å². The first-order chi connectivity index (χ1) is 14.2. The van der Waals surface area contributed by atoms with Crippen molar-refractivity contribution in [3.05, 3.63) is 47.6 Å². The van der Waals surface area contributed by atoms with E-state index < -0.39 is 0 Å². The molecule has 29 heavy (non-hydrogen) atoms. The molecular weight excluding hydrogens is 404 g/mol. The maximum Gasteiger partial charge on any atom is 0.243 e. The third kappa shape index (κ3) is 3.91. The van der Waals surface area contributed by atoms with E-state index in [1.165, 1.54) is 24.2 Å².